The van der Waals surface area contributed by atoms with Crippen LogP contribution in [0.2, 0.25) is 0 Å². The average molecular weight is 258 g/mol. The predicted octanol–water partition coefficient (Wildman–Crippen LogP) is 5.15. The molecule has 1 saturated carbocycles. The minimum Gasteiger partial charge on any atom is -0.298 e. The molecule has 1 heterocycles. The van der Waals surface area contributed by atoms with E-state index in [-0.39, 0.29) is 0 Å². The Labute approximate surface area is 112 Å². The first kappa shape index (κ1) is 11.9. The summed E-state index contributed by atoms with van der Waals surface area (Å²) in [5.74, 6) is 0.616. The summed E-state index contributed by atoms with van der Waals surface area (Å²) in [7, 11) is 0. The molecule has 18 heavy (non-hydrogen) atoms. The van der Waals surface area contributed by atoms with Crippen LogP contribution in [0.3, 0.4) is 0 Å². The second-order valence-electron chi connectivity index (χ2n) is 5.18. The van der Waals surface area contributed by atoms with Crippen molar-refractivity contribution >= 4 is 27.7 Å². The Morgan fingerprint density at radius 3 is 2.50 bits per heavy atom. The fraction of sp³-hybridized carbons (Fsp3) is 0.438. The topological polar surface area (TPSA) is 17.1 Å². The van der Waals surface area contributed by atoms with Crippen molar-refractivity contribution in [3.05, 3.63) is 34.7 Å². The zero-order valence-electron chi connectivity index (χ0n) is 10.5. The summed E-state index contributed by atoms with van der Waals surface area (Å²) in [5.41, 5.74) is 0.961. The quantitative estimate of drug-likeness (QED) is 0.537. The molecule has 0 spiro atoms. The average Bonchev–Trinajstić information content (AvgIpc) is 2.59. The summed E-state index contributed by atoms with van der Waals surface area (Å²) in [5, 5.41) is 1.15. The molecule has 3 rings (SSSR count). The third kappa shape index (κ3) is 2.10. The van der Waals surface area contributed by atoms with E-state index in [2.05, 4.69) is 18.2 Å². The fourth-order valence-electron chi connectivity index (χ4n) is 3.05. The molecule has 0 unspecified atom stereocenters. The Bertz CT molecular complexity index is 547. The van der Waals surface area contributed by atoms with Gasteiger partial charge in [0.25, 0.3) is 0 Å². The first-order valence-corrected chi connectivity index (χ1v) is 7.68. The largest absolute Gasteiger partial charge is 0.298 e. The van der Waals surface area contributed by atoms with Gasteiger partial charge in [0.2, 0.25) is 0 Å². The molecular formula is C16H18OS. The lowest BCUT2D eigenvalue weighted by Crippen LogP contribution is -1.97. The van der Waals surface area contributed by atoms with Crippen molar-refractivity contribution in [3.63, 3.8) is 0 Å². The molecule has 1 aliphatic carbocycles. The van der Waals surface area contributed by atoms with Crippen molar-refractivity contribution in [1.82, 2.24) is 0 Å². The van der Waals surface area contributed by atoms with Gasteiger partial charge < -0.3 is 0 Å². The van der Waals surface area contributed by atoms with E-state index in [1.165, 1.54) is 48.1 Å². The minimum absolute atomic E-state index is 0.616. The van der Waals surface area contributed by atoms with Gasteiger partial charge in [0.1, 0.15) is 0 Å². The standard InChI is InChI=1S/C16H18OS/c17-11-14-13-9-5-6-10-15(13)18-16(14)12-7-3-1-2-4-8-12/h5-6,9-12H,1-4,7-8H2. The summed E-state index contributed by atoms with van der Waals surface area (Å²) in [6, 6.07) is 8.30. The maximum absolute atomic E-state index is 11.4. The van der Waals surface area contributed by atoms with E-state index in [1.54, 1.807) is 0 Å². The smallest absolute Gasteiger partial charge is 0.151 e. The van der Waals surface area contributed by atoms with Gasteiger partial charge >= 0.3 is 0 Å². The molecule has 0 amide bonds. The van der Waals surface area contributed by atoms with Crippen LogP contribution in [0.25, 0.3) is 10.1 Å². The van der Waals surface area contributed by atoms with Gasteiger partial charge in [0.15, 0.2) is 6.29 Å². The zero-order chi connectivity index (χ0) is 12.4. The van der Waals surface area contributed by atoms with E-state index in [9.17, 15) is 4.79 Å². The van der Waals surface area contributed by atoms with Gasteiger partial charge in [-0.05, 0) is 24.8 Å². The van der Waals surface area contributed by atoms with Crippen LogP contribution in [-0.2, 0) is 0 Å². The van der Waals surface area contributed by atoms with Crippen molar-refractivity contribution in [2.45, 2.75) is 44.4 Å². The van der Waals surface area contributed by atoms with E-state index in [0.717, 1.165) is 17.2 Å². The van der Waals surface area contributed by atoms with E-state index in [4.69, 9.17) is 0 Å². The summed E-state index contributed by atoms with van der Waals surface area (Å²) in [6.07, 6.45) is 8.93. The van der Waals surface area contributed by atoms with Gasteiger partial charge in [-0.15, -0.1) is 11.3 Å². The van der Waals surface area contributed by atoms with Crippen molar-refractivity contribution in [1.29, 1.82) is 0 Å². The summed E-state index contributed by atoms with van der Waals surface area (Å²) >= 11 is 1.83. The molecule has 0 aliphatic heterocycles. The molecule has 0 N–H and O–H groups in total. The minimum atomic E-state index is 0.616. The molecule has 1 aromatic carbocycles. The normalized spacial score (nSPS) is 17.8. The van der Waals surface area contributed by atoms with Crippen LogP contribution < -0.4 is 0 Å². The number of aldehydes is 1. The van der Waals surface area contributed by atoms with Gasteiger partial charge in [-0.1, -0.05) is 43.9 Å². The molecule has 1 aromatic heterocycles. The van der Waals surface area contributed by atoms with E-state index in [1.807, 2.05) is 17.4 Å². The van der Waals surface area contributed by atoms with Gasteiger partial charge in [-0.3, -0.25) is 4.79 Å². The number of carbonyl (C=O) groups is 1. The Balaban J connectivity index is 2.06. The summed E-state index contributed by atoms with van der Waals surface area (Å²) < 4.78 is 1.26. The van der Waals surface area contributed by atoms with E-state index < -0.39 is 0 Å². The number of carbonyl (C=O) groups excluding carboxylic acids is 1. The highest BCUT2D eigenvalue weighted by molar-refractivity contribution is 7.19. The summed E-state index contributed by atoms with van der Waals surface area (Å²) in [6.45, 7) is 0. The van der Waals surface area contributed by atoms with Gasteiger partial charge in [0.05, 0.1) is 0 Å². The predicted molar refractivity (Wildman–Crippen MR) is 77.7 cm³/mol. The van der Waals surface area contributed by atoms with Crippen molar-refractivity contribution < 1.29 is 4.79 Å². The van der Waals surface area contributed by atoms with Crippen molar-refractivity contribution in [2.24, 2.45) is 0 Å². The van der Waals surface area contributed by atoms with Gasteiger partial charge in [-0.2, -0.15) is 0 Å². The molecule has 1 nitrogen and oxygen atoms in total. The highest BCUT2D eigenvalue weighted by atomic mass is 32.1. The molecule has 0 bridgehead atoms. The number of benzene rings is 1. The first-order chi connectivity index (χ1) is 8.90. The fourth-order valence-corrected chi connectivity index (χ4v) is 4.39. The van der Waals surface area contributed by atoms with Crippen molar-refractivity contribution in [3.8, 4) is 0 Å². The maximum Gasteiger partial charge on any atom is 0.151 e. The molecule has 1 aliphatic rings. The Morgan fingerprint density at radius 2 is 1.78 bits per heavy atom. The number of hydrogen-bond donors (Lipinski definition) is 0. The van der Waals surface area contributed by atoms with Crippen LogP contribution in [0, 0.1) is 0 Å². The second kappa shape index (κ2) is 5.23. The maximum atomic E-state index is 11.4. The summed E-state index contributed by atoms with van der Waals surface area (Å²) in [4.78, 5) is 12.8. The monoisotopic (exact) mass is 258 g/mol. The molecule has 2 heteroatoms. The lowest BCUT2D eigenvalue weighted by Gasteiger charge is -2.12. The third-order valence-corrected chi connectivity index (χ3v) is 5.36. The SMILES string of the molecule is O=Cc1c(C2CCCCCC2)sc2ccccc12. The Morgan fingerprint density at radius 1 is 1.06 bits per heavy atom. The number of rotatable bonds is 2. The van der Waals surface area contributed by atoms with Crippen LogP contribution in [-0.4, -0.2) is 6.29 Å². The molecule has 1 fully saturated rings. The van der Waals surface area contributed by atoms with E-state index in [0.29, 0.717) is 5.92 Å². The van der Waals surface area contributed by atoms with Crippen LogP contribution in [0.5, 0.6) is 0 Å². The second-order valence-corrected chi connectivity index (χ2v) is 6.27. The molecule has 0 radical (unpaired) electrons. The highest BCUT2D eigenvalue weighted by Crippen LogP contribution is 2.40. The number of fused-ring (bicyclic) bond motifs is 1. The van der Waals surface area contributed by atoms with Crippen LogP contribution >= 0.6 is 11.3 Å². The lowest BCUT2D eigenvalue weighted by atomic mass is 9.95. The molecule has 2 aromatic rings. The third-order valence-electron chi connectivity index (χ3n) is 4.01. The van der Waals surface area contributed by atoms with Crippen molar-refractivity contribution in [2.75, 3.05) is 0 Å². The first-order valence-electron chi connectivity index (χ1n) is 6.87. The number of thiophene rings is 1. The van der Waals surface area contributed by atoms with Crippen LogP contribution in [0.15, 0.2) is 24.3 Å². The van der Waals surface area contributed by atoms with Gasteiger partial charge in [-0.25, -0.2) is 0 Å². The molecule has 0 atom stereocenters. The van der Waals surface area contributed by atoms with Gasteiger partial charge in [0, 0.05) is 20.5 Å². The Hall–Kier alpha value is -1.15. The van der Waals surface area contributed by atoms with Crippen LogP contribution in [0.4, 0.5) is 0 Å². The molecular weight excluding hydrogens is 240 g/mol. The molecule has 94 valence electrons. The Kier molecular flexibility index (Phi) is 3.46. The zero-order valence-corrected chi connectivity index (χ0v) is 11.3. The van der Waals surface area contributed by atoms with Crippen LogP contribution in [0.1, 0.15) is 59.7 Å². The van der Waals surface area contributed by atoms with E-state index >= 15 is 0 Å². The highest BCUT2D eigenvalue weighted by Gasteiger charge is 2.21. The lowest BCUT2D eigenvalue weighted by molar-refractivity contribution is 0.112. The number of hydrogen-bond acceptors (Lipinski definition) is 2. The molecule has 0 saturated heterocycles.